The number of ether oxygens (including phenoxy) is 1. The zero-order valence-electron chi connectivity index (χ0n) is 10.1. The summed E-state index contributed by atoms with van der Waals surface area (Å²) in [6.07, 6.45) is -3.54. The van der Waals surface area contributed by atoms with Gasteiger partial charge in [-0.2, -0.15) is 13.2 Å². The number of benzene rings is 1. The van der Waals surface area contributed by atoms with Gasteiger partial charge in [-0.1, -0.05) is 45.8 Å². The molecule has 0 aliphatic heterocycles. The Hall–Kier alpha value is -0.550. The summed E-state index contributed by atoms with van der Waals surface area (Å²) in [6.45, 7) is 0.932. The lowest BCUT2D eigenvalue weighted by atomic mass is 10.0. The first-order valence-electron chi connectivity index (χ1n) is 5.66. The minimum absolute atomic E-state index is 0.0510. The molecule has 1 aromatic carbocycles. The van der Waals surface area contributed by atoms with E-state index < -0.39 is 12.8 Å². The fourth-order valence-electron chi connectivity index (χ4n) is 1.56. The number of hydrogen-bond acceptors (Lipinski definition) is 1. The molecule has 0 bridgehead atoms. The highest BCUT2D eigenvalue weighted by Gasteiger charge is 2.27. The topological polar surface area (TPSA) is 9.23 Å². The van der Waals surface area contributed by atoms with E-state index in [9.17, 15) is 13.2 Å². The molecule has 0 aliphatic carbocycles. The van der Waals surface area contributed by atoms with E-state index in [0.717, 1.165) is 5.56 Å². The van der Waals surface area contributed by atoms with Gasteiger partial charge in [-0.3, -0.25) is 0 Å². The Morgan fingerprint density at radius 1 is 1.22 bits per heavy atom. The molecular formula is C13H16BrF3O. The smallest absolute Gasteiger partial charge is 0.372 e. The highest BCUT2D eigenvalue weighted by molar-refractivity contribution is 9.09. The van der Waals surface area contributed by atoms with Crippen LogP contribution < -0.4 is 0 Å². The van der Waals surface area contributed by atoms with E-state index in [1.54, 1.807) is 0 Å². The molecule has 0 fully saturated rings. The van der Waals surface area contributed by atoms with Crippen LogP contribution in [0.4, 0.5) is 13.2 Å². The summed E-state index contributed by atoms with van der Waals surface area (Å²) in [6, 6.07) is 7.98. The zero-order valence-corrected chi connectivity index (χ0v) is 11.7. The summed E-state index contributed by atoms with van der Waals surface area (Å²) in [5, 5.41) is 0.624. The standard InChI is InChI=1S/C13H16BrF3O/c1-10-2-4-11(5-3-10)6-12(7-14)8-18-9-13(15,16)17/h2-5,12H,6-9H2,1H3. The van der Waals surface area contributed by atoms with E-state index in [1.807, 2.05) is 31.2 Å². The van der Waals surface area contributed by atoms with Crippen LogP contribution in [0, 0.1) is 12.8 Å². The van der Waals surface area contributed by atoms with E-state index in [1.165, 1.54) is 5.56 Å². The molecule has 0 saturated heterocycles. The number of aryl methyl sites for hydroxylation is 1. The average Bonchev–Trinajstić information content (AvgIpc) is 2.29. The van der Waals surface area contributed by atoms with Crippen LogP contribution >= 0.6 is 15.9 Å². The Labute approximate surface area is 113 Å². The zero-order chi connectivity index (χ0) is 13.6. The lowest BCUT2D eigenvalue weighted by Gasteiger charge is -2.15. The minimum Gasteiger partial charge on any atom is -0.372 e. The van der Waals surface area contributed by atoms with Crippen LogP contribution in [0.5, 0.6) is 0 Å². The van der Waals surface area contributed by atoms with E-state index >= 15 is 0 Å². The largest absolute Gasteiger partial charge is 0.411 e. The van der Waals surface area contributed by atoms with E-state index in [2.05, 4.69) is 15.9 Å². The molecule has 0 heterocycles. The fourth-order valence-corrected chi connectivity index (χ4v) is 1.97. The molecule has 102 valence electrons. The fraction of sp³-hybridized carbons (Fsp3) is 0.538. The summed E-state index contributed by atoms with van der Waals surface area (Å²) in [7, 11) is 0. The predicted octanol–water partition coefficient (Wildman–Crippen LogP) is 4.13. The molecule has 1 rings (SSSR count). The maximum absolute atomic E-state index is 11.9. The molecular weight excluding hydrogens is 309 g/mol. The third-order valence-corrected chi connectivity index (χ3v) is 3.40. The second-order valence-corrected chi connectivity index (χ2v) is 4.99. The summed E-state index contributed by atoms with van der Waals surface area (Å²) >= 11 is 3.31. The van der Waals surface area contributed by atoms with Crippen LogP contribution in [0.2, 0.25) is 0 Å². The van der Waals surface area contributed by atoms with Crippen LogP contribution in [0.25, 0.3) is 0 Å². The second-order valence-electron chi connectivity index (χ2n) is 4.34. The van der Waals surface area contributed by atoms with Crippen LogP contribution in [0.15, 0.2) is 24.3 Å². The number of rotatable bonds is 6. The normalized spacial score (nSPS) is 13.6. The van der Waals surface area contributed by atoms with Crippen molar-refractivity contribution in [1.29, 1.82) is 0 Å². The average molecular weight is 325 g/mol. The van der Waals surface area contributed by atoms with E-state index in [0.29, 0.717) is 11.8 Å². The van der Waals surface area contributed by atoms with Crippen LogP contribution in [0.3, 0.4) is 0 Å². The van der Waals surface area contributed by atoms with Crippen molar-refractivity contribution >= 4 is 15.9 Å². The third-order valence-electron chi connectivity index (χ3n) is 2.48. The minimum atomic E-state index is -4.25. The van der Waals surface area contributed by atoms with Gasteiger partial charge >= 0.3 is 6.18 Å². The molecule has 0 N–H and O–H groups in total. The lowest BCUT2D eigenvalue weighted by molar-refractivity contribution is -0.176. The first-order chi connectivity index (χ1) is 8.40. The SMILES string of the molecule is Cc1ccc(CC(CBr)COCC(F)(F)F)cc1. The Morgan fingerprint density at radius 2 is 1.83 bits per heavy atom. The van der Waals surface area contributed by atoms with Gasteiger partial charge in [-0.15, -0.1) is 0 Å². The summed E-state index contributed by atoms with van der Waals surface area (Å²) in [4.78, 5) is 0. The Bertz CT molecular complexity index is 348. The molecule has 0 radical (unpaired) electrons. The van der Waals surface area contributed by atoms with Gasteiger partial charge in [0.2, 0.25) is 0 Å². The number of halogens is 4. The summed E-state index contributed by atoms with van der Waals surface area (Å²) < 4.78 is 40.5. The Balaban J connectivity index is 2.40. The highest BCUT2D eigenvalue weighted by atomic mass is 79.9. The van der Waals surface area contributed by atoms with Gasteiger partial charge < -0.3 is 4.74 Å². The van der Waals surface area contributed by atoms with Gasteiger partial charge in [0.15, 0.2) is 0 Å². The van der Waals surface area contributed by atoms with Crippen molar-refractivity contribution in [2.75, 3.05) is 18.5 Å². The van der Waals surface area contributed by atoms with Gasteiger partial charge in [0.05, 0.1) is 6.61 Å². The first-order valence-corrected chi connectivity index (χ1v) is 6.79. The molecule has 0 aliphatic rings. The van der Waals surface area contributed by atoms with Crippen molar-refractivity contribution in [2.24, 2.45) is 5.92 Å². The van der Waals surface area contributed by atoms with Crippen molar-refractivity contribution in [3.63, 3.8) is 0 Å². The maximum Gasteiger partial charge on any atom is 0.411 e. The second kappa shape index (κ2) is 7.14. The van der Waals surface area contributed by atoms with Crippen molar-refractivity contribution < 1.29 is 17.9 Å². The molecule has 0 saturated carbocycles. The molecule has 5 heteroatoms. The predicted molar refractivity (Wildman–Crippen MR) is 69.0 cm³/mol. The summed E-state index contributed by atoms with van der Waals surface area (Å²) in [5.41, 5.74) is 2.28. The van der Waals surface area contributed by atoms with Gasteiger partial charge in [-0.25, -0.2) is 0 Å². The van der Waals surface area contributed by atoms with Crippen LogP contribution in [-0.4, -0.2) is 24.7 Å². The molecule has 18 heavy (non-hydrogen) atoms. The van der Waals surface area contributed by atoms with Crippen LogP contribution in [-0.2, 0) is 11.2 Å². The third kappa shape index (κ3) is 6.40. The number of alkyl halides is 4. The van der Waals surface area contributed by atoms with E-state index in [4.69, 9.17) is 4.74 Å². The summed E-state index contributed by atoms with van der Waals surface area (Å²) in [5.74, 6) is 0.0510. The molecule has 1 unspecified atom stereocenters. The van der Waals surface area contributed by atoms with Gasteiger partial charge in [-0.05, 0) is 24.8 Å². The van der Waals surface area contributed by atoms with Crippen molar-refractivity contribution in [3.05, 3.63) is 35.4 Å². The van der Waals surface area contributed by atoms with Crippen LogP contribution in [0.1, 0.15) is 11.1 Å². The lowest BCUT2D eigenvalue weighted by Crippen LogP contribution is -2.22. The molecule has 0 spiro atoms. The quantitative estimate of drug-likeness (QED) is 0.715. The van der Waals surface area contributed by atoms with Gasteiger partial charge in [0, 0.05) is 5.33 Å². The van der Waals surface area contributed by atoms with Crippen molar-refractivity contribution in [1.82, 2.24) is 0 Å². The molecule has 1 atom stereocenters. The monoisotopic (exact) mass is 324 g/mol. The molecule has 1 nitrogen and oxygen atoms in total. The Kier molecular flexibility index (Phi) is 6.15. The van der Waals surface area contributed by atoms with Gasteiger partial charge in [0.1, 0.15) is 6.61 Å². The van der Waals surface area contributed by atoms with E-state index in [-0.39, 0.29) is 12.5 Å². The molecule has 0 amide bonds. The first kappa shape index (κ1) is 15.5. The molecule has 0 aromatic heterocycles. The highest BCUT2D eigenvalue weighted by Crippen LogP contribution is 2.17. The molecule has 1 aromatic rings. The van der Waals surface area contributed by atoms with Gasteiger partial charge in [0.25, 0.3) is 0 Å². The maximum atomic E-state index is 11.9. The Morgan fingerprint density at radius 3 is 2.33 bits per heavy atom. The van der Waals surface area contributed by atoms with Crippen molar-refractivity contribution in [2.45, 2.75) is 19.5 Å². The van der Waals surface area contributed by atoms with Crippen molar-refractivity contribution in [3.8, 4) is 0 Å². The number of hydrogen-bond donors (Lipinski definition) is 0.